The van der Waals surface area contributed by atoms with Gasteiger partial charge in [-0.05, 0) is 26.7 Å². The highest BCUT2D eigenvalue weighted by Gasteiger charge is 2.27. The molecule has 0 spiro atoms. The van der Waals surface area contributed by atoms with Crippen molar-refractivity contribution in [2.24, 2.45) is 0 Å². The maximum atomic E-state index is 12.1. The van der Waals surface area contributed by atoms with Gasteiger partial charge in [-0.2, -0.15) is 0 Å². The quantitative estimate of drug-likeness (QED) is 0.778. The Kier molecular flexibility index (Phi) is 9.59. The molecule has 0 aliphatic carbocycles. The van der Waals surface area contributed by atoms with E-state index in [1.807, 2.05) is 11.8 Å². The van der Waals surface area contributed by atoms with E-state index in [1.54, 1.807) is 0 Å². The lowest BCUT2D eigenvalue weighted by molar-refractivity contribution is -0.135. The summed E-state index contributed by atoms with van der Waals surface area (Å²) in [6, 6.07) is 0.570. The number of rotatable bonds is 6. The van der Waals surface area contributed by atoms with Gasteiger partial charge >= 0.3 is 0 Å². The number of hydrogen-bond donors (Lipinski definition) is 2. The Morgan fingerprint density at radius 1 is 1.30 bits per heavy atom. The molecule has 0 radical (unpaired) electrons. The average molecular weight is 306 g/mol. The number of halogens is 1. The van der Waals surface area contributed by atoms with E-state index in [4.69, 9.17) is 0 Å². The zero-order valence-electron chi connectivity index (χ0n) is 12.8. The van der Waals surface area contributed by atoms with Crippen molar-refractivity contribution in [1.82, 2.24) is 15.5 Å². The molecule has 2 atom stereocenters. The summed E-state index contributed by atoms with van der Waals surface area (Å²) in [4.78, 5) is 25.5. The summed E-state index contributed by atoms with van der Waals surface area (Å²) < 4.78 is 0. The van der Waals surface area contributed by atoms with Crippen molar-refractivity contribution in [2.45, 2.75) is 58.5 Å². The molecule has 1 aliphatic heterocycles. The topological polar surface area (TPSA) is 61.4 Å². The Morgan fingerprint density at radius 3 is 2.65 bits per heavy atom. The first-order chi connectivity index (χ1) is 9.06. The van der Waals surface area contributed by atoms with E-state index in [1.165, 1.54) is 0 Å². The third-order valence-corrected chi connectivity index (χ3v) is 3.72. The summed E-state index contributed by atoms with van der Waals surface area (Å²) in [5, 5.41) is 6.18. The minimum atomic E-state index is 0. The highest BCUT2D eigenvalue weighted by atomic mass is 35.5. The fraction of sp³-hybridized carbons (Fsp3) is 0.857. The smallest absolute Gasteiger partial charge is 0.222 e. The van der Waals surface area contributed by atoms with E-state index in [9.17, 15) is 9.59 Å². The molecule has 5 nitrogen and oxygen atoms in total. The van der Waals surface area contributed by atoms with Gasteiger partial charge in [0.2, 0.25) is 11.8 Å². The summed E-state index contributed by atoms with van der Waals surface area (Å²) in [5.41, 5.74) is 0. The minimum absolute atomic E-state index is 0. The molecular formula is C14H28ClN3O2. The van der Waals surface area contributed by atoms with Crippen LogP contribution in [0.2, 0.25) is 0 Å². The van der Waals surface area contributed by atoms with Crippen LogP contribution in [0.15, 0.2) is 0 Å². The predicted octanol–water partition coefficient (Wildman–Crippen LogP) is 1.31. The maximum absolute atomic E-state index is 12.1. The number of hydrogen-bond acceptors (Lipinski definition) is 3. The fourth-order valence-corrected chi connectivity index (χ4v) is 2.31. The lowest BCUT2D eigenvalue weighted by atomic mass is 10.1. The Balaban J connectivity index is 0.00000361. The van der Waals surface area contributed by atoms with Gasteiger partial charge in [-0.1, -0.05) is 6.92 Å². The molecule has 1 heterocycles. The molecular weight excluding hydrogens is 278 g/mol. The third-order valence-electron chi connectivity index (χ3n) is 3.72. The van der Waals surface area contributed by atoms with Gasteiger partial charge < -0.3 is 15.5 Å². The Labute approximate surface area is 128 Å². The molecule has 1 fully saturated rings. The van der Waals surface area contributed by atoms with Gasteiger partial charge in [-0.15, -0.1) is 12.4 Å². The van der Waals surface area contributed by atoms with Gasteiger partial charge in [0.1, 0.15) is 0 Å². The highest BCUT2D eigenvalue weighted by Crippen LogP contribution is 2.11. The summed E-state index contributed by atoms with van der Waals surface area (Å²) in [6.45, 7) is 8.54. The van der Waals surface area contributed by atoms with Gasteiger partial charge in [-0.25, -0.2) is 0 Å². The summed E-state index contributed by atoms with van der Waals surface area (Å²) in [6.07, 6.45) is 2.50. The van der Waals surface area contributed by atoms with Crippen LogP contribution in [0, 0.1) is 0 Å². The van der Waals surface area contributed by atoms with Crippen molar-refractivity contribution in [2.75, 3.05) is 19.6 Å². The molecule has 0 saturated carbocycles. The van der Waals surface area contributed by atoms with Crippen molar-refractivity contribution >= 4 is 24.2 Å². The molecule has 1 aliphatic rings. The summed E-state index contributed by atoms with van der Waals surface area (Å²) in [7, 11) is 0. The highest BCUT2D eigenvalue weighted by molar-refractivity contribution is 5.85. The number of amides is 2. The van der Waals surface area contributed by atoms with Gasteiger partial charge in [0.25, 0.3) is 0 Å². The van der Waals surface area contributed by atoms with Crippen LogP contribution in [0.1, 0.15) is 46.5 Å². The molecule has 1 saturated heterocycles. The first kappa shape index (κ1) is 19.2. The van der Waals surface area contributed by atoms with Crippen molar-refractivity contribution < 1.29 is 9.59 Å². The molecule has 118 valence electrons. The van der Waals surface area contributed by atoms with Crippen LogP contribution in [0.25, 0.3) is 0 Å². The summed E-state index contributed by atoms with van der Waals surface area (Å²) >= 11 is 0. The van der Waals surface area contributed by atoms with Crippen molar-refractivity contribution in [3.63, 3.8) is 0 Å². The van der Waals surface area contributed by atoms with Crippen molar-refractivity contribution in [3.05, 3.63) is 0 Å². The molecule has 20 heavy (non-hydrogen) atoms. The van der Waals surface area contributed by atoms with Crippen molar-refractivity contribution in [1.29, 1.82) is 0 Å². The second kappa shape index (κ2) is 10.00. The fourth-order valence-electron chi connectivity index (χ4n) is 2.31. The normalized spacial score (nSPS) is 22.1. The second-order valence-electron chi connectivity index (χ2n) is 5.27. The lowest BCUT2D eigenvalue weighted by Gasteiger charge is -2.38. The van der Waals surface area contributed by atoms with Gasteiger partial charge in [-0.3, -0.25) is 9.59 Å². The molecule has 0 aromatic carbocycles. The first-order valence-corrected chi connectivity index (χ1v) is 7.35. The number of carbonyl (C=O) groups is 2. The Hall–Kier alpha value is -0.810. The molecule has 2 unspecified atom stereocenters. The van der Waals surface area contributed by atoms with E-state index in [2.05, 4.69) is 24.5 Å². The largest absolute Gasteiger partial charge is 0.356 e. The van der Waals surface area contributed by atoms with Crippen molar-refractivity contribution in [3.8, 4) is 0 Å². The molecule has 2 N–H and O–H groups in total. The molecule has 0 aromatic heterocycles. The predicted molar refractivity (Wildman–Crippen MR) is 83.0 cm³/mol. The van der Waals surface area contributed by atoms with Crippen LogP contribution in [0.4, 0.5) is 0 Å². The Morgan fingerprint density at radius 2 is 2.00 bits per heavy atom. The summed E-state index contributed by atoms with van der Waals surface area (Å²) in [5.74, 6) is 0.223. The van der Waals surface area contributed by atoms with Gasteiger partial charge in [0.05, 0.1) is 0 Å². The maximum Gasteiger partial charge on any atom is 0.222 e. The lowest BCUT2D eigenvalue weighted by Crippen LogP contribution is -2.57. The number of piperazine rings is 1. The average Bonchev–Trinajstić information content (AvgIpc) is 2.39. The number of carbonyl (C=O) groups excluding carboxylic acids is 2. The molecule has 2 amide bonds. The van der Waals surface area contributed by atoms with E-state index < -0.39 is 0 Å². The van der Waals surface area contributed by atoms with E-state index >= 15 is 0 Å². The molecule has 0 bridgehead atoms. The van der Waals surface area contributed by atoms with E-state index in [0.29, 0.717) is 25.3 Å². The molecule has 1 rings (SSSR count). The van der Waals surface area contributed by atoms with Crippen LogP contribution in [-0.2, 0) is 9.59 Å². The SMILES string of the molecule is CCCNC(=O)CCCC(=O)N1CCNC(C)C1C.Cl. The van der Waals surface area contributed by atoms with E-state index in [0.717, 1.165) is 26.1 Å². The third kappa shape index (κ3) is 6.09. The van der Waals surface area contributed by atoms with Crippen LogP contribution >= 0.6 is 12.4 Å². The zero-order valence-corrected chi connectivity index (χ0v) is 13.6. The Bertz CT molecular complexity index is 313. The molecule has 6 heteroatoms. The van der Waals surface area contributed by atoms with Crippen LogP contribution in [-0.4, -0.2) is 48.4 Å². The monoisotopic (exact) mass is 305 g/mol. The van der Waals surface area contributed by atoms with Gasteiger partial charge in [0, 0.05) is 44.6 Å². The van der Waals surface area contributed by atoms with Gasteiger partial charge in [0.15, 0.2) is 0 Å². The minimum Gasteiger partial charge on any atom is -0.356 e. The van der Waals surface area contributed by atoms with Crippen LogP contribution < -0.4 is 10.6 Å². The second-order valence-corrected chi connectivity index (χ2v) is 5.27. The number of nitrogens with one attached hydrogen (secondary N) is 2. The van der Waals surface area contributed by atoms with Crippen LogP contribution in [0.3, 0.4) is 0 Å². The first-order valence-electron chi connectivity index (χ1n) is 7.35. The van der Waals surface area contributed by atoms with E-state index in [-0.39, 0.29) is 30.3 Å². The zero-order chi connectivity index (χ0) is 14.3. The standard InChI is InChI=1S/C14H27N3O2.ClH/c1-4-8-16-13(18)6-5-7-14(19)17-10-9-15-11(2)12(17)3;/h11-12,15H,4-10H2,1-3H3,(H,16,18);1H. The molecule has 0 aromatic rings. The number of nitrogens with zero attached hydrogens (tertiary/aromatic N) is 1. The van der Waals surface area contributed by atoms with Crippen LogP contribution in [0.5, 0.6) is 0 Å².